The average Bonchev–Trinajstić information content (AvgIpc) is 2.05. The average molecular weight is 416 g/mol. The predicted octanol–water partition coefficient (Wildman–Crippen LogP) is 2.57. The fourth-order valence-corrected chi connectivity index (χ4v) is 1.06. The smallest absolute Gasteiger partial charge is 0.126 e. The fourth-order valence-electron chi connectivity index (χ4n) is 1.06. The minimum atomic E-state index is 0. The number of hydrogen-bond donors (Lipinski definition) is 0. The van der Waals surface area contributed by atoms with Gasteiger partial charge >= 0.3 is 0 Å². The molecule has 1 aliphatic heterocycles. The second kappa shape index (κ2) is 9.97. The summed E-state index contributed by atoms with van der Waals surface area (Å²) < 4.78 is 5.34. The zero-order valence-corrected chi connectivity index (χ0v) is 12.1. The van der Waals surface area contributed by atoms with Crippen molar-refractivity contribution in [3.8, 4) is 5.75 Å². The Morgan fingerprint density at radius 3 is 2.43 bits per heavy atom. The summed E-state index contributed by atoms with van der Waals surface area (Å²) in [5, 5.41) is 0. The van der Waals surface area contributed by atoms with Crippen LogP contribution in [0, 0.1) is 0 Å². The first-order chi connectivity index (χ1) is 4.97. The fraction of sp³-hybridized carbons (Fsp3) is 0.111. The van der Waals surface area contributed by atoms with Crippen molar-refractivity contribution < 1.29 is 42.3 Å². The number of ether oxygens (including phenoxy) is 1. The van der Waals surface area contributed by atoms with Crippen LogP contribution in [0.25, 0.3) is 6.08 Å². The first kappa shape index (κ1) is 19.9. The van der Waals surface area contributed by atoms with Gasteiger partial charge in [0.1, 0.15) is 12.4 Å². The quantitative estimate of drug-likeness (QED) is 0.467. The van der Waals surface area contributed by atoms with Crippen molar-refractivity contribution >= 4 is 24.4 Å². The molecule has 1 aliphatic rings. The van der Waals surface area contributed by atoms with E-state index in [1.54, 1.807) is 0 Å². The van der Waals surface area contributed by atoms with Gasteiger partial charge in [0.2, 0.25) is 0 Å². The van der Waals surface area contributed by atoms with E-state index in [0.29, 0.717) is 6.61 Å². The van der Waals surface area contributed by atoms with Gasteiger partial charge in [-0.15, -0.1) is 0 Å². The van der Waals surface area contributed by atoms with Crippen molar-refractivity contribution in [3.63, 3.8) is 0 Å². The molecule has 0 N–H and O–H groups in total. The molecule has 1 aromatic rings. The molecule has 0 saturated carbocycles. The summed E-state index contributed by atoms with van der Waals surface area (Å²) in [7, 11) is 0. The number of para-hydroxylation sites is 1. The van der Waals surface area contributed by atoms with Crippen LogP contribution >= 0.6 is 9.90 Å². The van der Waals surface area contributed by atoms with Crippen LogP contribution in [0.2, 0.25) is 0 Å². The van der Waals surface area contributed by atoms with Crippen LogP contribution in [0.4, 0.5) is 0 Å². The van der Waals surface area contributed by atoms with Gasteiger partial charge in [0.25, 0.3) is 0 Å². The van der Waals surface area contributed by atoms with Gasteiger partial charge in [-0.3, -0.25) is 0 Å². The first-order valence-corrected chi connectivity index (χ1v) is 3.35. The van der Waals surface area contributed by atoms with Crippen molar-refractivity contribution in [1.82, 2.24) is 0 Å². The Morgan fingerprint density at radius 2 is 1.79 bits per heavy atom. The molecule has 1 nitrogen and oxygen atoms in total. The number of hydrogen-bond acceptors (Lipinski definition) is 1. The van der Waals surface area contributed by atoms with Crippen molar-refractivity contribution in [2.75, 3.05) is 6.61 Å². The normalized spacial score (nSPS) is 10.0. The van der Waals surface area contributed by atoms with E-state index in [-0.39, 0.29) is 55.9 Å². The van der Waals surface area contributed by atoms with Crippen molar-refractivity contribution in [2.45, 2.75) is 0 Å². The Kier molecular flexibility index (Phi) is 14.2. The van der Waals surface area contributed by atoms with Gasteiger partial charge in [-0.1, -0.05) is 24.3 Å². The topological polar surface area (TPSA) is 9.23 Å². The molecule has 0 saturated heterocycles. The third kappa shape index (κ3) is 4.79. The summed E-state index contributed by atoms with van der Waals surface area (Å²) in [6.07, 6.45) is 4.10. The molecule has 1 aromatic carbocycles. The monoisotopic (exact) mass is 416 g/mol. The van der Waals surface area contributed by atoms with E-state index in [2.05, 4.69) is 6.08 Å². The molecular weight excluding hydrogens is 408 g/mol. The summed E-state index contributed by atoms with van der Waals surface area (Å²) >= 11 is 0. The van der Waals surface area contributed by atoms with E-state index in [1.807, 2.05) is 30.3 Å². The summed E-state index contributed by atoms with van der Waals surface area (Å²) in [5.74, 6) is 0.991. The van der Waals surface area contributed by atoms with Crippen molar-refractivity contribution in [1.29, 1.82) is 0 Å². The number of fused-ring (bicyclic) bond motifs is 1. The number of benzene rings is 1. The molecule has 14 heavy (non-hydrogen) atoms. The third-order valence-corrected chi connectivity index (χ3v) is 1.55. The van der Waals surface area contributed by atoms with E-state index in [0.717, 1.165) is 5.75 Å². The standard InChI is InChI=1S/C9H8O.B.Ni.P.W/c1-2-6-9-8(4-1)5-3-7-10-9;;;;/h1-6H,7H2;;;;. The first-order valence-electron chi connectivity index (χ1n) is 3.35. The molecule has 0 amide bonds. The second-order valence-corrected chi connectivity index (χ2v) is 2.25. The maximum absolute atomic E-state index is 5.34. The zero-order valence-electron chi connectivity index (χ0n) is 7.33. The maximum Gasteiger partial charge on any atom is 0.126 e. The van der Waals surface area contributed by atoms with Crippen LogP contribution in [0.15, 0.2) is 30.3 Å². The van der Waals surface area contributed by atoms with Crippen LogP contribution in [-0.4, -0.2) is 15.0 Å². The van der Waals surface area contributed by atoms with Crippen LogP contribution in [0.5, 0.6) is 5.75 Å². The zero-order chi connectivity index (χ0) is 6.81. The molecule has 6 radical (unpaired) electrons. The van der Waals surface area contributed by atoms with Crippen molar-refractivity contribution in [3.05, 3.63) is 35.9 Å². The minimum absolute atomic E-state index is 0. The van der Waals surface area contributed by atoms with E-state index < -0.39 is 0 Å². The molecule has 0 spiro atoms. The summed E-state index contributed by atoms with van der Waals surface area (Å²) in [6.45, 7) is 0.705. The largest absolute Gasteiger partial charge is 0.489 e. The van der Waals surface area contributed by atoms with Gasteiger partial charge < -0.3 is 4.74 Å². The van der Waals surface area contributed by atoms with Gasteiger partial charge in [0.05, 0.1) is 0 Å². The van der Waals surface area contributed by atoms with Crippen molar-refractivity contribution in [2.24, 2.45) is 0 Å². The van der Waals surface area contributed by atoms with Gasteiger partial charge in [0, 0.05) is 61.4 Å². The van der Waals surface area contributed by atoms with E-state index in [9.17, 15) is 0 Å². The molecule has 0 unspecified atom stereocenters. The molecule has 0 fully saturated rings. The molecule has 1 heterocycles. The molecule has 2 rings (SSSR count). The van der Waals surface area contributed by atoms with E-state index in [1.165, 1.54) is 5.56 Å². The Morgan fingerprint density at radius 1 is 1.14 bits per heavy atom. The summed E-state index contributed by atoms with van der Waals surface area (Å²) in [4.78, 5) is 0. The molecular formula is C9H8BNiOPW. The SMILES string of the molecule is C1=Cc2ccccc2OC1.[B].[Ni].[P].[W]. The third-order valence-electron chi connectivity index (χ3n) is 1.55. The van der Waals surface area contributed by atoms with Crippen LogP contribution in [0.1, 0.15) is 5.56 Å². The summed E-state index contributed by atoms with van der Waals surface area (Å²) in [5.41, 5.74) is 1.17. The van der Waals surface area contributed by atoms with Gasteiger partial charge in [0.15, 0.2) is 0 Å². The molecule has 5 heteroatoms. The van der Waals surface area contributed by atoms with Gasteiger partial charge in [-0.05, 0) is 12.1 Å². The summed E-state index contributed by atoms with van der Waals surface area (Å²) in [6, 6.07) is 8.03. The van der Waals surface area contributed by atoms with Crippen LogP contribution in [0.3, 0.4) is 0 Å². The Balaban J connectivity index is -0.000000302. The second-order valence-electron chi connectivity index (χ2n) is 2.25. The van der Waals surface area contributed by atoms with Crippen LogP contribution in [-0.2, 0) is 37.6 Å². The minimum Gasteiger partial charge on any atom is -0.489 e. The Hall–Kier alpha value is 0.437. The Labute approximate surface area is 114 Å². The molecule has 74 valence electrons. The number of rotatable bonds is 0. The van der Waals surface area contributed by atoms with E-state index in [4.69, 9.17) is 4.74 Å². The van der Waals surface area contributed by atoms with E-state index >= 15 is 0 Å². The maximum atomic E-state index is 5.34. The Bertz CT molecular complexity index is 283. The van der Waals surface area contributed by atoms with Gasteiger partial charge in [-0.2, -0.15) is 0 Å². The predicted molar refractivity (Wildman–Crippen MR) is 53.6 cm³/mol. The van der Waals surface area contributed by atoms with Gasteiger partial charge in [-0.25, -0.2) is 0 Å². The molecule has 0 aliphatic carbocycles. The molecule has 0 aromatic heterocycles. The molecule has 0 bridgehead atoms. The molecule has 0 atom stereocenters. The van der Waals surface area contributed by atoms with Crippen LogP contribution < -0.4 is 4.74 Å².